The molecular formula is C17H26N2O3. The molecule has 22 heavy (non-hydrogen) atoms. The van der Waals surface area contributed by atoms with Gasteiger partial charge in [0.05, 0.1) is 12.9 Å². The van der Waals surface area contributed by atoms with Crippen molar-refractivity contribution in [3.05, 3.63) is 23.7 Å². The number of hydrogen-bond acceptors (Lipinski definition) is 4. The van der Waals surface area contributed by atoms with E-state index in [1.807, 2.05) is 17.9 Å². The third-order valence-electron chi connectivity index (χ3n) is 5.43. The summed E-state index contributed by atoms with van der Waals surface area (Å²) in [5.74, 6) is 1.03. The Morgan fingerprint density at radius 1 is 1.50 bits per heavy atom. The third kappa shape index (κ3) is 2.57. The van der Waals surface area contributed by atoms with E-state index in [4.69, 9.17) is 9.15 Å². The van der Waals surface area contributed by atoms with Gasteiger partial charge >= 0.3 is 0 Å². The average Bonchev–Trinajstić information content (AvgIpc) is 3.20. The molecule has 1 aromatic heterocycles. The van der Waals surface area contributed by atoms with Gasteiger partial charge in [-0.15, -0.1) is 0 Å². The Morgan fingerprint density at radius 3 is 2.95 bits per heavy atom. The summed E-state index contributed by atoms with van der Waals surface area (Å²) in [7, 11) is 1.77. The molecule has 3 heterocycles. The molecule has 0 radical (unpaired) electrons. The van der Waals surface area contributed by atoms with Crippen LogP contribution >= 0.6 is 0 Å². The second-order valence-corrected chi connectivity index (χ2v) is 6.75. The van der Waals surface area contributed by atoms with E-state index >= 15 is 0 Å². The van der Waals surface area contributed by atoms with Crippen LogP contribution in [-0.4, -0.2) is 62.1 Å². The molecule has 0 unspecified atom stereocenters. The van der Waals surface area contributed by atoms with Crippen LogP contribution in [0.1, 0.15) is 29.5 Å². The number of carbonyl (C=O) groups is 1. The highest BCUT2D eigenvalue weighted by molar-refractivity contribution is 5.93. The summed E-state index contributed by atoms with van der Waals surface area (Å²) in [6, 6.07) is 1.85. The lowest BCUT2D eigenvalue weighted by atomic mass is 9.77. The number of methoxy groups -OCH3 is 1. The lowest BCUT2D eigenvalue weighted by molar-refractivity contribution is 0.0688. The second-order valence-electron chi connectivity index (χ2n) is 6.75. The van der Waals surface area contributed by atoms with E-state index in [1.165, 1.54) is 0 Å². The summed E-state index contributed by atoms with van der Waals surface area (Å²) in [4.78, 5) is 17.1. The van der Waals surface area contributed by atoms with Gasteiger partial charge in [-0.3, -0.25) is 4.79 Å². The average molecular weight is 306 g/mol. The smallest absolute Gasteiger partial charge is 0.289 e. The normalized spacial score (nSPS) is 28.9. The molecule has 0 bridgehead atoms. The quantitative estimate of drug-likeness (QED) is 0.854. The Bertz CT molecular complexity index is 542. The minimum Gasteiger partial charge on any atom is -0.459 e. The molecule has 1 amide bonds. The Morgan fingerprint density at radius 2 is 2.32 bits per heavy atom. The summed E-state index contributed by atoms with van der Waals surface area (Å²) in [6.07, 6.45) is 2.65. The zero-order valence-corrected chi connectivity index (χ0v) is 13.8. The highest BCUT2D eigenvalue weighted by Gasteiger charge is 2.51. The molecule has 1 aromatic rings. The SMILES string of the molecule is CCN1C[C@@H](COC)[C@]2(CCN(C(=O)c3occc3C)C2)C1. The number of nitrogens with zero attached hydrogens (tertiary/aromatic N) is 2. The van der Waals surface area contributed by atoms with Crippen molar-refractivity contribution < 1.29 is 13.9 Å². The van der Waals surface area contributed by atoms with Gasteiger partial charge in [0.1, 0.15) is 0 Å². The van der Waals surface area contributed by atoms with Crippen molar-refractivity contribution in [2.45, 2.75) is 20.3 Å². The molecule has 2 saturated heterocycles. The van der Waals surface area contributed by atoms with Gasteiger partial charge in [-0.2, -0.15) is 0 Å². The van der Waals surface area contributed by atoms with E-state index in [0.29, 0.717) is 11.7 Å². The van der Waals surface area contributed by atoms with E-state index < -0.39 is 0 Å². The van der Waals surface area contributed by atoms with Crippen LogP contribution in [0.25, 0.3) is 0 Å². The minimum atomic E-state index is 0.0329. The molecule has 0 aliphatic carbocycles. The fourth-order valence-corrected chi connectivity index (χ4v) is 4.08. The van der Waals surface area contributed by atoms with Crippen molar-refractivity contribution in [2.75, 3.05) is 46.4 Å². The van der Waals surface area contributed by atoms with Crippen molar-refractivity contribution in [1.29, 1.82) is 0 Å². The maximum absolute atomic E-state index is 12.7. The molecule has 1 spiro atoms. The Labute approximate surface area is 132 Å². The standard InChI is InChI=1S/C17H26N2O3/c1-4-18-9-14(10-21-3)17(11-18)6-7-19(12-17)16(20)15-13(2)5-8-22-15/h5,8,14H,4,6-7,9-12H2,1-3H3/t14-,17+/m0/s1. The summed E-state index contributed by atoms with van der Waals surface area (Å²) >= 11 is 0. The number of likely N-dealkylation sites (tertiary alicyclic amines) is 2. The number of rotatable bonds is 4. The topological polar surface area (TPSA) is 45.9 Å². The first-order valence-electron chi connectivity index (χ1n) is 8.14. The van der Waals surface area contributed by atoms with Crippen LogP contribution in [-0.2, 0) is 4.74 Å². The lowest BCUT2D eigenvalue weighted by Crippen LogP contribution is -2.38. The van der Waals surface area contributed by atoms with Gasteiger partial charge in [0, 0.05) is 50.2 Å². The number of ether oxygens (including phenoxy) is 1. The Hall–Kier alpha value is -1.33. The third-order valence-corrected chi connectivity index (χ3v) is 5.43. The van der Waals surface area contributed by atoms with Crippen LogP contribution in [0.4, 0.5) is 0 Å². The molecule has 5 nitrogen and oxygen atoms in total. The largest absolute Gasteiger partial charge is 0.459 e. The first-order valence-corrected chi connectivity index (χ1v) is 8.14. The number of carbonyl (C=O) groups excluding carboxylic acids is 1. The monoisotopic (exact) mass is 306 g/mol. The minimum absolute atomic E-state index is 0.0329. The summed E-state index contributed by atoms with van der Waals surface area (Å²) in [6.45, 7) is 9.74. The molecule has 2 fully saturated rings. The van der Waals surface area contributed by atoms with Gasteiger partial charge in [-0.1, -0.05) is 6.92 Å². The predicted molar refractivity (Wildman–Crippen MR) is 83.9 cm³/mol. The van der Waals surface area contributed by atoms with Gasteiger partial charge in [-0.25, -0.2) is 0 Å². The van der Waals surface area contributed by atoms with Crippen molar-refractivity contribution in [3.63, 3.8) is 0 Å². The summed E-state index contributed by atoms with van der Waals surface area (Å²) in [5, 5.41) is 0. The fourth-order valence-electron chi connectivity index (χ4n) is 4.08. The van der Waals surface area contributed by atoms with Crippen LogP contribution in [0.15, 0.2) is 16.7 Å². The van der Waals surface area contributed by atoms with E-state index in [-0.39, 0.29) is 11.3 Å². The zero-order chi connectivity index (χ0) is 15.7. The van der Waals surface area contributed by atoms with Gasteiger partial charge in [0.25, 0.3) is 5.91 Å². The van der Waals surface area contributed by atoms with Gasteiger partial charge in [-0.05, 0) is 26.0 Å². The predicted octanol–water partition coefficient (Wildman–Crippen LogP) is 2.02. The number of aryl methyl sites for hydroxylation is 1. The van der Waals surface area contributed by atoms with Crippen LogP contribution in [0.5, 0.6) is 0 Å². The van der Waals surface area contributed by atoms with E-state index in [0.717, 1.165) is 51.3 Å². The highest BCUT2D eigenvalue weighted by atomic mass is 16.5. The fraction of sp³-hybridized carbons (Fsp3) is 0.706. The maximum Gasteiger partial charge on any atom is 0.289 e. The first-order chi connectivity index (χ1) is 10.6. The van der Waals surface area contributed by atoms with Gasteiger partial charge in [0.15, 0.2) is 5.76 Å². The molecule has 0 N–H and O–H groups in total. The number of amides is 1. The first kappa shape index (κ1) is 15.6. The molecule has 3 rings (SSSR count). The number of hydrogen-bond donors (Lipinski definition) is 0. The summed E-state index contributed by atoms with van der Waals surface area (Å²) < 4.78 is 10.8. The van der Waals surface area contributed by atoms with Gasteiger partial charge in [0.2, 0.25) is 0 Å². The van der Waals surface area contributed by atoms with Crippen molar-refractivity contribution in [1.82, 2.24) is 9.80 Å². The van der Waals surface area contributed by atoms with Gasteiger partial charge < -0.3 is 19.0 Å². The van der Waals surface area contributed by atoms with Crippen LogP contribution in [0.2, 0.25) is 0 Å². The van der Waals surface area contributed by atoms with E-state index in [2.05, 4.69) is 11.8 Å². The summed E-state index contributed by atoms with van der Waals surface area (Å²) in [5.41, 5.74) is 1.10. The molecule has 2 atom stereocenters. The van der Waals surface area contributed by atoms with Crippen LogP contribution in [0.3, 0.4) is 0 Å². The van der Waals surface area contributed by atoms with Crippen LogP contribution < -0.4 is 0 Å². The van der Waals surface area contributed by atoms with Crippen LogP contribution in [0, 0.1) is 18.3 Å². The van der Waals surface area contributed by atoms with E-state index in [1.54, 1.807) is 13.4 Å². The molecule has 122 valence electrons. The van der Waals surface area contributed by atoms with Crippen molar-refractivity contribution >= 4 is 5.91 Å². The number of furan rings is 1. The molecule has 5 heteroatoms. The van der Waals surface area contributed by atoms with Crippen molar-refractivity contribution in [3.8, 4) is 0 Å². The van der Waals surface area contributed by atoms with E-state index in [9.17, 15) is 4.79 Å². The highest BCUT2D eigenvalue weighted by Crippen LogP contribution is 2.44. The maximum atomic E-state index is 12.7. The molecule has 2 aliphatic rings. The Balaban J connectivity index is 1.75. The molecular weight excluding hydrogens is 280 g/mol. The lowest BCUT2D eigenvalue weighted by Gasteiger charge is -2.30. The molecule has 0 aromatic carbocycles. The molecule has 2 aliphatic heterocycles. The zero-order valence-electron chi connectivity index (χ0n) is 13.8. The Kier molecular flexibility index (Phi) is 4.28. The van der Waals surface area contributed by atoms with Crippen molar-refractivity contribution in [2.24, 2.45) is 11.3 Å². The second kappa shape index (κ2) is 6.05. The molecule has 0 saturated carbocycles.